The van der Waals surface area contributed by atoms with Gasteiger partial charge in [-0.3, -0.25) is 9.89 Å². The monoisotopic (exact) mass is 251 g/mol. The Bertz CT molecular complexity index is 417. The number of aromatic nitrogens is 2. The minimum absolute atomic E-state index is 0.0397. The Hall–Kier alpha value is -2.05. The second-order valence-corrected chi connectivity index (χ2v) is 4.45. The van der Waals surface area contributed by atoms with Gasteiger partial charge in [0.15, 0.2) is 0 Å². The molecule has 1 atom stereocenters. The van der Waals surface area contributed by atoms with Crippen LogP contribution in [0.25, 0.3) is 0 Å². The smallest absolute Gasteiger partial charge is 0.314 e. The summed E-state index contributed by atoms with van der Waals surface area (Å²) in [4.78, 5) is 24.5. The van der Waals surface area contributed by atoms with Crippen LogP contribution in [0, 0.1) is 5.92 Å². The summed E-state index contributed by atoms with van der Waals surface area (Å²) in [6.07, 6.45) is 5.00. The average molecular weight is 251 g/mol. The SMILES string of the molecule is NC(=O)N1CCCC(C(=O)NCc2cn[nH]c2)C1. The van der Waals surface area contributed by atoms with Crippen LogP contribution < -0.4 is 11.1 Å². The second-order valence-electron chi connectivity index (χ2n) is 4.45. The van der Waals surface area contributed by atoms with Crippen molar-refractivity contribution in [3.63, 3.8) is 0 Å². The van der Waals surface area contributed by atoms with E-state index in [1.54, 1.807) is 12.4 Å². The van der Waals surface area contributed by atoms with Crippen LogP contribution in [0.5, 0.6) is 0 Å². The van der Waals surface area contributed by atoms with Gasteiger partial charge in [-0.2, -0.15) is 5.10 Å². The summed E-state index contributed by atoms with van der Waals surface area (Å²) in [5.74, 6) is -0.208. The standard InChI is InChI=1S/C11H17N5O2/c12-11(18)16-3-1-2-9(7-16)10(17)13-4-8-5-14-15-6-8/h5-6,9H,1-4,7H2,(H2,12,18)(H,13,17)(H,14,15). The van der Waals surface area contributed by atoms with Crippen LogP contribution in [0.1, 0.15) is 18.4 Å². The van der Waals surface area contributed by atoms with Gasteiger partial charge >= 0.3 is 6.03 Å². The number of carbonyl (C=O) groups excluding carboxylic acids is 2. The lowest BCUT2D eigenvalue weighted by molar-refractivity contribution is -0.126. The highest BCUT2D eigenvalue weighted by atomic mass is 16.2. The Morgan fingerprint density at radius 2 is 2.44 bits per heavy atom. The zero-order chi connectivity index (χ0) is 13.0. The number of urea groups is 1. The van der Waals surface area contributed by atoms with Crippen LogP contribution in [0.3, 0.4) is 0 Å². The van der Waals surface area contributed by atoms with Gasteiger partial charge in [0.05, 0.1) is 12.1 Å². The molecule has 0 aliphatic carbocycles. The molecule has 1 aliphatic heterocycles. The van der Waals surface area contributed by atoms with Crippen molar-refractivity contribution in [3.8, 4) is 0 Å². The number of nitrogens with two attached hydrogens (primary N) is 1. The van der Waals surface area contributed by atoms with Gasteiger partial charge in [0.2, 0.25) is 5.91 Å². The molecule has 2 rings (SSSR count). The fourth-order valence-electron chi connectivity index (χ4n) is 2.10. The van der Waals surface area contributed by atoms with Crippen molar-refractivity contribution in [1.82, 2.24) is 20.4 Å². The Kier molecular flexibility index (Phi) is 3.81. The topological polar surface area (TPSA) is 104 Å². The van der Waals surface area contributed by atoms with E-state index < -0.39 is 6.03 Å². The molecule has 1 unspecified atom stereocenters. The molecule has 3 amide bonds. The maximum atomic E-state index is 11.9. The van der Waals surface area contributed by atoms with E-state index >= 15 is 0 Å². The van der Waals surface area contributed by atoms with Gasteiger partial charge in [-0.05, 0) is 12.8 Å². The van der Waals surface area contributed by atoms with E-state index in [-0.39, 0.29) is 11.8 Å². The van der Waals surface area contributed by atoms with Gasteiger partial charge < -0.3 is 16.0 Å². The van der Waals surface area contributed by atoms with Crippen molar-refractivity contribution < 1.29 is 9.59 Å². The van der Waals surface area contributed by atoms with Crippen LogP contribution in [0.4, 0.5) is 4.79 Å². The number of nitrogens with one attached hydrogen (secondary N) is 2. The van der Waals surface area contributed by atoms with Crippen molar-refractivity contribution in [2.75, 3.05) is 13.1 Å². The summed E-state index contributed by atoms with van der Waals surface area (Å²) in [6.45, 7) is 1.50. The maximum absolute atomic E-state index is 11.9. The first-order valence-corrected chi connectivity index (χ1v) is 5.96. The fraction of sp³-hybridized carbons (Fsp3) is 0.545. The molecule has 1 saturated heterocycles. The molecule has 18 heavy (non-hydrogen) atoms. The van der Waals surface area contributed by atoms with Crippen LogP contribution in [0.15, 0.2) is 12.4 Å². The lowest BCUT2D eigenvalue weighted by Gasteiger charge is -2.30. The van der Waals surface area contributed by atoms with Crippen molar-refractivity contribution in [2.45, 2.75) is 19.4 Å². The number of hydrogen-bond donors (Lipinski definition) is 3. The van der Waals surface area contributed by atoms with E-state index in [4.69, 9.17) is 5.73 Å². The highest BCUT2D eigenvalue weighted by molar-refractivity contribution is 5.80. The third kappa shape index (κ3) is 2.99. The van der Waals surface area contributed by atoms with E-state index in [9.17, 15) is 9.59 Å². The van der Waals surface area contributed by atoms with Gasteiger partial charge in [0, 0.05) is 31.4 Å². The lowest BCUT2D eigenvalue weighted by atomic mass is 9.97. The molecule has 4 N–H and O–H groups in total. The quantitative estimate of drug-likeness (QED) is 0.693. The third-order valence-electron chi connectivity index (χ3n) is 3.13. The Morgan fingerprint density at radius 1 is 1.61 bits per heavy atom. The highest BCUT2D eigenvalue weighted by Gasteiger charge is 2.27. The van der Waals surface area contributed by atoms with Crippen molar-refractivity contribution in [2.24, 2.45) is 11.7 Å². The van der Waals surface area contributed by atoms with Crippen LogP contribution in [0.2, 0.25) is 0 Å². The van der Waals surface area contributed by atoms with Crippen LogP contribution in [-0.4, -0.2) is 40.1 Å². The van der Waals surface area contributed by atoms with Crippen molar-refractivity contribution >= 4 is 11.9 Å². The van der Waals surface area contributed by atoms with E-state index in [0.717, 1.165) is 18.4 Å². The van der Waals surface area contributed by atoms with Gasteiger partial charge in [-0.15, -0.1) is 0 Å². The van der Waals surface area contributed by atoms with E-state index in [0.29, 0.717) is 19.6 Å². The number of likely N-dealkylation sites (tertiary alicyclic amines) is 1. The molecule has 1 aromatic rings. The molecule has 1 aromatic heterocycles. The molecule has 98 valence electrons. The number of piperidine rings is 1. The summed E-state index contributed by atoms with van der Waals surface area (Å²) in [6, 6.07) is -0.456. The van der Waals surface area contributed by atoms with Crippen LogP contribution >= 0.6 is 0 Å². The Balaban J connectivity index is 1.83. The number of hydrogen-bond acceptors (Lipinski definition) is 3. The fourth-order valence-corrected chi connectivity index (χ4v) is 2.10. The van der Waals surface area contributed by atoms with Gasteiger partial charge in [-0.25, -0.2) is 4.79 Å². The van der Waals surface area contributed by atoms with E-state index in [1.807, 2.05) is 0 Å². The first kappa shape index (κ1) is 12.4. The summed E-state index contributed by atoms with van der Waals surface area (Å²) >= 11 is 0. The predicted octanol–water partition coefficient (Wildman–Crippen LogP) is -0.183. The number of H-pyrrole nitrogens is 1. The first-order chi connectivity index (χ1) is 8.66. The van der Waals surface area contributed by atoms with Crippen molar-refractivity contribution in [3.05, 3.63) is 18.0 Å². The number of carbonyl (C=O) groups is 2. The second kappa shape index (κ2) is 5.52. The maximum Gasteiger partial charge on any atom is 0.314 e. The Labute approximate surface area is 105 Å². The molecule has 0 radical (unpaired) electrons. The highest BCUT2D eigenvalue weighted by Crippen LogP contribution is 2.16. The molecule has 0 bridgehead atoms. The Morgan fingerprint density at radius 3 is 3.11 bits per heavy atom. The zero-order valence-corrected chi connectivity index (χ0v) is 10.1. The number of primary amides is 1. The normalized spacial score (nSPS) is 19.6. The minimum Gasteiger partial charge on any atom is -0.352 e. The largest absolute Gasteiger partial charge is 0.352 e. The molecule has 7 heteroatoms. The lowest BCUT2D eigenvalue weighted by Crippen LogP contribution is -2.47. The summed E-state index contributed by atoms with van der Waals surface area (Å²) in [7, 11) is 0. The molecule has 7 nitrogen and oxygen atoms in total. The molecule has 1 aliphatic rings. The molecule has 0 aromatic carbocycles. The average Bonchev–Trinajstić information content (AvgIpc) is 2.89. The van der Waals surface area contributed by atoms with Crippen molar-refractivity contribution in [1.29, 1.82) is 0 Å². The van der Waals surface area contributed by atoms with Gasteiger partial charge in [-0.1, -0.05) is 0 Å². The molecule has 1 fully saturated rings. The minimum atomic E-state index is -0.456. The van der Waals surface area contributed by atoms with E-state index in [2.05, 4.69) is 15.5 Å². The summed E-state index contributed by atoms with van der Waals surface area (Å²) in [5, 5.41) is 9.32. The predicted molar refractivity (Wildman–Crippen MR) is 64.3 cm³/mol. The number of aromatic amines is 1. The molecule has 2 heterocycles. The first-order valence-electron chi connectivity index (χ1n) is 5.96. The van der Waals surface area contributed by atoms with Gasteiger partial charge in [0.25, 0.3) is 0 Å². The molecular weight excluding hydrogens is 234 g/mol. The van der Waals surface area contributed by atoms with E-state index in [1.165, 1.54) is 4.90 Å². The summed E-state index contributed by atoms with van der Waals surface area (Å²) in [5.41, 5.74) is 6.15. The third-order valence-corrected chi connectivity index (χ3v) is 3.13. The number of rotatable bonds is 3. The number of amides is 3. The molecule has 0 saturated carbocycles. The number of nitrogens with zero attached hydrogens (tertiary/aromatic N) is 2. The van der Waals surface area contributed by atoms with Crippen LogP contribution in [-0.2, 0) is 11.3 Å². The molecular formula is C11H17N5O2. The summed E-state index contributed by atoms with van der Waals surface area (Å²) < 4.78 is 0. The van der Waals surface area contributed by atoms with Gasteiger partial charge in [0.1, 0.15) is 0 Å². The molecule has 0 spiro atoms. The zero-order valence-electron chi connectivity index (χ0n) is 10.1.